The number of rotatable bonds is 9. The Morgan fingerprint density at radius 3 is 1.97 bits per heavy atom. The van der Waals surface area contributed by atoms with Crippen LogP contribution in [0.2, 0.25) is 0 Å². The lowest BCUT2D eigenvalue weighted by Crippen LogP contribution is -2.27. The van der Waals surface area contributed by atoms with Gasteiger partial charge in [-0.3, -0.25) is 4.79 Å². The molecule has 0 saturated heterocycles. The summed E-state index contributed by atoms with van der Waals surface area (Å²) in [5.41, 5.74) is 3.59. The van der Waals surface area contributed by atoms with Gasteiger partial charge in [0.05, 0.1) is 11.3 Å². The first kappa shape index (κ1) is 22.8. The van der Waals surface area contributed by atoms with E-state index in [2.05, 4.69) is 17.2 Å². The third kappa shape index (κ3) is 5.85. The van der Waals surface area contributed by atoms with Crippen LogP contribution in [0.4, 0.5) is 4.39 Å². The number of hydrogen-bond acceptors (Lipinski definition) is 3. The van der Waals surface area contributed by atoms with Crippen LogP contribution in [0.3, 0.4) is 0 Å². The predicted molar refractivity (Wildman–Crippen MR) is 125 cm³/mol. The Bertz CT molecular complexity index is 1040. The molecule has 0 heterocycles. The first-order valence-electron chi connectivity index (χ1n) is 10.4. The van der Waals surface area contributed by atoms with E-state index in [0.717, 1.165) is 16.7 Å². The second-order valence-electron chi connectivity index (χ2n) is 7.31. The third-order valence-electron chi connectivity index (χ3n) is 5.07. The van der Waals surface area contributed by atoms with Gasteiger partial charge in [-0.2, -0.15) is 0 Å². The third-order valence-corrected chi connectivity index (χ3v) is 5.07. The summed E-state index contributed by atoms with van der Waals surface area (Å²) in [6.45, 7) is 6.08. The molecule has 0 aliphatic carbocycles. The quantitative estimate of drug-likeness (QED) is 0.277. The van der Waals surface area contributed by atoms with Gasteiger partial charge < -0.3 is 15.4 Å². The van der Waals surface area contributed by atoms with Crippen molar-refractivity contribution in [2.24, 2.45) is 0 Å². The van der Waals surface area contributed by atoms with E-state index in [9.17, 15) is 9.18 Å². The normalized spacial score (nSPS) is 11.5. The van der Waals surface area contributed by atoms with Gasteiger partial charge in [0.2, 0.25) is 0 Å². The van der Waals surface area contributed by atoms with E-state index in [4.69, 9.17) is 4.74 Å². The van der Waals surface area contributed by atoms with Gasteiger partial charge in [-0.15, -0.1) is 0 Å². The van der Waals surface area contributed by atoms with Gasteiger partial charge in [0, 0.05) is 13.6 Å². The van der Waals surface area contributed by atoms with E-state index in [-0.39, 0.29) is 23.8 Å². The summed E-state index contributed by atoms with van der Waals surface area (Å²) < 4.78 is 19.6. The minimum Gasteiger partial charge on any atom is -0.478 e. The molecule has 1 amide bonds. The van der Waals surface area contributed by atoms with Crippen LogP contribution >= 0.6 is 0 Å². The van der Waals surface area contributed by atoms with E-state index in [1.807, 2.05) is 67.6 Å². The highest BCUT2D eigenvalue weighted by Gasteiger charge is 2.23. The van der Waals surface area contributed by atoms with Gasteiger partial charge >= 0.3 is 0 Å². The molecule has 164 valence electrons. The van der Waals surface area contributed by atoms with Crippen LogP contribution in [-0.2, 0) is 16.1 Å². The van der Waals surface area contributed by atoms with Crippen molar-refractivity contribution < 1.29 is 13.9 Å². The number of benzene rings is 3. The van der Waals surface area contributed by atoms with Gasteiger partial charge in [-0.05, 0) is 35.7 Å². The molecule has 0 aromatic heterocycles. The fourth-order valence-electron chi connectivity index (χ4n) is 3.20. The summed E-state index contributed by atoms with van der Waals surface area (Å²) >= 11 is 0. The second-order valence-corrected chi connectivity index (χ2v) is 7.31. The zero-order valence-electron chi connectivity index (χ0n) is 18.3. The molecule has 5 heteroatoms. The predicted octanol–water partition coefficient (Wildman–Crippen LogP) is 5.26. The summed E-state index contributed by atoms with van der Waals surface area (Å²) in [7, 11) is 1.77. The smallest absolute Gasteiger partial charge is 0.254 e. The number of nitrogens with one attached hydrogen (secondary N) is 2. The minimum atomic E-state index is -0.419. The molecule has 32 heavy (non-hydrogen) atoms. The van der Waals surface area contributed by atoms with Gasteiger partial charge in [0.25, 0.3) is 5.91 Å². The molecule has 0 bridgehead atoms. The Morgan fingerprint density at radius 2 is 1.47 bits per heavy atom. The molecule has 4 nitrogen and oxygen atoms in total. The van der Waals surface area contributed by atoms with Crippen LogP contribution in [0.25, 0.3) is 0 Å². The van der Waals surface area contributed by atoms with Crippen molar-refractivity contribution in [1.29, 1.82) is 0 Å². The highest BCUT2D eigenvalue weighted by molar-refractivity contribution is 5.96. The number of hydrogen-bond donors (Lipinski definition) is 2. The molecule has 0 fully saturated rings. The molecule has 0 atom stereocenters. The molecule has 0 radical (unpaired) electrons. The van der Waals surface area contributed by atoms with E-state index in [0.29, 0.717) is 11.5 Å². The Hall–Kier alpha value is -3.86. The maximum absolute atomic E-state index is 13.1. The van der Waals surface area contributed by atoms with Gasteiger partial charge in [0.1, 0.15) is 11.9 Å². The fourth-order valence-corrected chi connectivity index (χ4v) is 3.20. The summed E-state index contributed by atoms with van der Waals surface area (Å²) in [5.74, 6) is -0.304. The second kappa shape index (κ2) is 11.0. The molecular formula is C27H27FN2O2. The van der Waals surface area contributed by atoms with Gasteiger partial charge in [0.15, 0.2) is 5.76 Å². The van der Waals surface area contributed by atoms with Crippen LogP contribution in [-0.4, -0.2) is 13.0 Å². The molecule has 3 rings (SSSR count). The zero-order valence-corrected chi connectivity index (χ0v) is 18.3. The molecule has 2 N–H and O–H groups in total. The Morgan fingerprint density at radius 1 is 0.938 bits per heavy atom. The van der Waals surface area contributed by atoms with Crippen molar-refractivity contribution >= 4 is 5.91 Å². The molecule has 3 aromatic rings. The standard InChI is InChI=1S/C27H27FN2O2/c1-19(27(31)30-18-21-14-16-24(28)17-15-21)25(20(2)29-3)32-26(22-10-6-4-7-11-22)23-12-8-5-9-13-23/h4-17,26,29H,1,18H2,2-3H3,(H,30,31)/b25-20-. The topological polar surface area (TPSA) is 50.4 Å². The highest BCUT2D eigenvalue weighted by Crippen LogP contribution is 2.31. The molecule has 3 aromatic carbocycles. The SMILES string of the molecule is C=C(C(=O)NCc1ccc(F)cc1)/C(OC(c1ccccc1)c1ccccc1)=C(\C)NC. The first-order valence-corrected chi connectivity index (χ1v) is 10.4. The molecule has 0 saturated carbocycles. The van der Waals surface area contributed by atoms with Crippen molar-refractivity contribution in [2.45, 2.75) is 19.6 Å². The summed E-state index contributed by atoms with van der Waals surface area (Å²) in [4.78, 5) is 12.9. The van der Waals surface area contributed by atoms with Crippen LogP contribution in [0.5, 0.6) is 0 Å². The lowest BCUT2D eigenvalue weighted by atomic mass is 10.0. The largest absolute Gasteiger partial charge is 0.478 e. The number of amides is 1. The van der Waals surface area contributed by atoms with Crippen LogP contribution in [0.1, 0.15) is 29.7 Å². The fraction of sp³-hybridized carbons (Fsp3) is 0.148. The molecule has 0 aliphatic rings. The van der Waals surface area contributed by atoms with Crippen LogP contribution in [0.15, 0.2) is 109 Å². The van der Waals surface area contributed by atoms with Crippen molar-refractivity contribution in [2.75, 3.05) is 7.05 Å². The monoisotopic (exact) mass is 430 g/mol. The molecular weight excluding hydrogens is 403 g/mol. The average molecular weight is 431 g/mol. The van der Waals surface area contributed by atoms with E-state index in [1.54, 1.807) is 19.2 Å². The van der Waals surface area contributed by atoms with Crippen molar-refractivity contribution in [3.8, 4) is 0 Å². The molecule has 0 unspecified atom stereocenters. The van der Waals surface area contributed by atoms with Crippen molar-refractivity contribution in [3.63, 3.8) is 0 Å². The summed E-state index contributed by atoms with van der Waals surface area (Å²) in [6, 6.07) is 25.6. The van der Waals surface area contributed by atoms with Crippen molar-refractivity contribution in [1.82, 2.24) is 10.6 Å². The number of carbonyl (C=O) groups is 1. The molecule has 0 spiro atoms. The van der Waals surface area contributed by atoms with Crippen molar-refractivity contribution in [3.05, 3.63) is 131 Å². The van der Waals surface area contributed by atoms with Crippen LogP contribution in [0, 0.1) is 5.82 Å². The Kier molecular flexibility index (Phi) is 7.81. The van der Waals surface area contributed by atoms with Gasteiger partial charge in [-0.1, -0.05) is 79.4 Å². The van der Waals surface area contributed by atoms with E-state index < -0.39 is 6.10 Å². The van der Waals surface area contributed by atoms with E-state index in [1.165, 1.54) is 12.1 Å². The first-order chi connectivity index (χ1) is 15.5. The maximum Gasteiger partial charge on any atom is 0.254 e. The Balaban J connectivity index is 1.83. The minimum absolute atomic E-state index is 0.204. The summed E-state index contributed by atoms with van der Waals surface area (Å²) in [5, 5.41) is 5.89. The number of carbonyl (C=O) groups excluding carboxylic acids is 1. The Labute approximate surface area is 188 Å². The number of allylic oxidation sites excluding steroid dienone is 1. The number of halogens is 1. The molecule has 0 aliphatic heterocycles. The average Bonchev–Trinajstić information content (AvgIpc) is 2.84. The zero-order chi connectivity index (χ0) is 22.9. The number of ether oxygens (including phenoxy) is 1. The van der Waals surface area contributed by atoms with E-state index >= 15 is 0 Å². The lowest BCUT2D eigenvalue weighted by molar-refractivity contribution is -0.117. The summed E-state index contributed by atoms with van der Waals surface area (Å²) in [6.07, 6.45) is -0.419. The highest BCUT2D eigenvalue weighted by atomic mass is 19.1. The lowest BCUT2D eigenvalue weighted by Gasteiger charge is -2.24. The maximum atomic E-state index is 13.1. The van der Waals surface area contributed by atoms with Crippen LogP contribution < -0.4 is 10.6 Å². The van der Waals surface area contributed by atoms with Gasteiger partial charge in [-0.25, -0.2) is 4.39 Å².